The zero-order valence-corrected chi connectivity index (χ0v) is 13.3. The number of aromatic amines is 1. The van der Waals surface area contributed by atoms with Gasteiger partial charge < -0.3 is 5.73 Å². The van der Waals surface area contributed by atoms with Crippen LogP contribution >= 0.6 is 23.8 Å². The largest absolute Gasteiger partial charge is 0.389 e. The summed E-state index contributed by atoms with van der Waals surface area (Å²) in [4.78, 5) is 4.01. The van der Waals surface area contributed by atoms with Gasteiger partial charge in [-0.15, -0.1) is 0 Å². The van der Waals surface area contributed by atoms with Crippen LogP contribution in [0.25, 0.3) is 0 Å². The van der Waals surface area contributed by atoms with Crippen molar-refractivity contribution in [2.45, 2.75) is 11.4 Å². The molecule has 10 heteroatoms. The van der Waals surface area contributed by atoms with E-state index in [-0.39, 0.29) is 21.5 Å². The molecular weight excluding hydrogens is 334 g/mol. The molecule has 0 radical (unpaired) electrons. The molecule has 0 fully saturated rings. The summed E-state index contributed by atoms with van der Waals surface area (Å²) < 4.78 is 26.1. The number of hydrogen-bond donors (Lipinski definition) is 2. The highest BCUT2D eigenvalue weighted by Crippen LogP contribution is 2.25. The second-order valence-electron chi connectivity index (χ2n) is 4.20. The summed E-state index contributed by atoms with van der Waals surface area (Å²) in [5.41, 5.74) is 5.99. The lowest BCUT2D eigenvalue weighted by Crippen LogP contribution is -2.27. The molecule has 0 spiro atoms. The summed E-state index contributed by atoms with van der Waals surface area (Å²) in [5, 5.41) is 6.32. The molecule has 1 aromatic carbocycles. The Labute approximate surface area is 132 Å². The Morgan fingerprint density at radius 3 is 2.76 bits per heavy atom. The third-order valence-electron chi connectivity index (χ3n) is 2.74. The summed E-state index contributed by atoms with van der Waals surface area (Å²) >= 11 is 10.9. The van der Waals surface area contributed by atoms with Crippen molar-refractivity contribution in [2.75, 3.05) is 7.05 Å². The average Bonchev–Trinajstić information content (AvgIpc) is 2.90. The number of nitrogens with two attached hydrogens (primary N) is 1. The number of nitrogens with zero attached hydrogens (tertiary/aromatic N) is 3. The highest BCUT2D eigenvalue weighted by Gasteiger charge is 2.24. The lowest BCUT2D eigenvalue weighted by atomic mass is 10.2. The number of nitrogens with one attached hydrogen (secondary N) is 1. The molecule has 0 saturated heterocycles. The fourth-order valence-corrected chi connectivity index (χ4v) is 3.41. The van der Waals surface area contributed by atoms with Crippen LogP contribution in [-0.4, -0.2) is 39.9 Å². The van der Waals surface area contributed by atoms with Crippen molar-refractivity contribution in [1.82, 2.24) is 19.5 Å². The van der Waals surface area contributed by atoms with Gasteiger partial charge in [-0.2, -0.15) is 9.40 Å². The average molecular weight is 346 g/mol. The molecule has 112 valence electrons. The minimum Gasteiger partial charge on any atom is -0.389 e. The molecule has 0 atom stereocenters. The number of thiocarbonyl (C=S) groups is 1. The van der Waals surface area contributed by atoms with Crippen LogP contribution in [0.5, 0.6) is 0 Å². The van der Waals surface area contributed by atoms with E-state index in [0.29, 0.717) is 11.4 Å². The molecule has 0 aliphatic carbocycles. The number of sulfonamides is 1. The van der Waals surface area contributed by atoms with Crippen molar-refractivity contribution in [1.29, 1.82) is 0 Å². The van der Waals surface area contributed by atoms with E-state index in [1.54, 1.807) is 0 Å². The number of benzene rings is 1. The summed E-state index contributed by atoms with van der Waals surface area (Å²) in [7, 11) is -2.33. The topological polar surface area (TPSA) is 105 Å². The van der Waals surface area contributed by atoms with Gasteiger partial charge in [-0.05, 0) is 12.1 Å². The van der Waals surface area contributed by atoms with Crippen molar-refractivity contribution in [3.8, 4) is 0 Å². The maximum Gasteiger partial charge on any atom is 0.244 e. The number of halogens is 1. The Balaban J connectivity index is 2.33. The third kappa shape index (κ3) is 3.38. The molecule has 21 heavy (non-hydrogen) atoms. The number of hydrogen-bond acceptors (Lipinski definition) is 5. The van der Waals surface area contributed by atoms with Gasteiger partial charge in [0.15, 0.2) is 0 Å². The molecule has 0 unspecified atom stereocenters. The summed E-state index contributed by atoms with van der Waals surface area (Å²) in [6.45, 7) is 0.0513. The Hall–Kier alpha value is -1.55. The van der Waals surface area contributed by atoms with Crippen LogP contribution in [0, 0.1) is 0 Å². The fraction of sp³-hybridized carbons (Fsp3) is 0.182. The van der Waals surface area contributed by atoms with Crippen molar-refractivity contribution in [3.63, 3.8) is 0 Å². The van der Waals surface area contributed by atoms with Gasteiger partial charge in [0.25, 0.3) is 0 Å². The first-order valence-corrected chi connectivity index (χ1v) is 7.95. The zero-order valence-electron chi connectivity index (χ0n) is 10.9. The summed E-state index contributed by atoms with van der Waals surface area (Å²) in [6.07, 6.45) is 1.31. The maximum atomic E-state index is 12.5. The molecular formula is C11H12ClN5O2S2. The van der Waals surface area contributed by atoms with Gasteiger partial charge >= 0.3 is 0 Å². The minimum atomic E-state index is -3.76. The van der Waals surface area contributed by atoms with Crippen molar-refractivity contribution in [3.05, 3.63) is 40.9 Å². The first-order valence-electron chi connectivity index (χ1n) is 5.72. The molecule has 3 N–H and O–H groups in total. The first kappa shape index (κ1) is 15.8. The molecule has 0 amide bonds. The van der Waals surface area contributed by atoms with E-state index in [0.717, 1.165) is 4.31 Å². The van der Waals surface area contributed by atoms with Gasteiger partial charge in [0.2, 0.25) is 10.0 Å². The molecule has 0 bridgehead atoms. The van der Waals surface area contributed by atoms with Crippen LogP contribution in [0.4, 0.5) is 0 Å². The SMILES string of the molecule is CN(Cc1ncn[nH]1)S(=O)(=O)c1ccc(C(N)=S)cc1Cl. The Morgan fingerprint density at radius 1 is 1.52 bits per heavy atom. The Morgan fingerprint density at radius 2 is 2.24 bits per heavy atom. The quantitative estimate of drug-likeness (QED) is 0.780. The van der Waals surface area contributed by atoms with E-state index in [4.69, 9.17) is 29.6 Å². The van der Waals surface area contributed by atoms with Crippen LogP contribution in [0.3, 0.4) is 0 Å². The molecule has 1 aromatic heterocycles. The van der Waals surface area contributed by atoms with E-state index in [1.807, 2.05) is 0 Å². The maximum absolute atomic E-state index is 12.5. The van der Waals surface area contributed by atoms with E-state index >= 15 is 0 Å². The van der Waals surface area contributed by atoms with Gasteiger partial charge in [0.05, 0.1) is 11.6 Å². The Kier molecular flexibility index (Phi) is 4.57. The minimum absolute atomic E-state index is 0.0221. The fourth-order valence-electron chi connectivity index (χ4n) is 1.63. The molecule has 0 aliphatic rings. The smallest absolute Gasteiger partial charge is 0.244 e. The normalized spacial score (nSPS) is 11.8. The lowest BCUT2D eigenvalue weighted by molar-refractivity contribution is 0.457. The predicted molar refractivity (Wildman–Crippen MR) is 82.4 cm³/mol. The van der Waals surface area contributed by atoms with Gasteiger partial charge in [-0.3, -0.25) is 5.10 Å². The number of H-pyrrole nitrogens is 1. The molecule has 2 aromatic rings. The number of aromatic nitrogens is 3. The van der Waals surface area contributed by atoms with Gasteiger partial charge in [0, 0.05) is 12.6 Å². The highest BCUT2D eigenvalue weighted by molar-refractivity contribution is 7.89. The number of rotatable bonds is 5. The van der Waals surface area contributed by atoms with Gasteiger partial charge in [-0.1, -0.05) is 29.9 Å². The molecule has 0 aliphatic heterocycles. The van der Waals surface area contributed by atoms with Crippen LogP contribution in [-0.2, 0) is 16.6 Å². The molecule has 2 rings (SSSR count). The van der Waals surface area contributed by atoms with Gasteiger partial charge in [0.1, 0.15) is 22.0 Å². The van der Waals surface area contributed by atoms with Crippen molar-refractivity contribution < 1.29 is 8.42 Å². The van der Waals surface area contributed by atoms with Crippen LogP contribution in [0.2, 0.25) is 5.02 Å². The molecule has 1 heterocycles. The standard InChI is InChI=1S/C11H12ClN5O2S2/c1-17(5-10-14-6-15-16-10)21(18,19)9-3-2-7(11(13)20)4-8(9)12/h2-4,6H,5H2,1H3,(H2,13,20)(H,14,15,16). The van der Waals surface area contributed by atoms with E-state index in [2.05, 4.69) is 15.2 Å². The Bertz CT molecular complexity index is 761. The van der Waals surface area contributed by atoms with E-state index in [9.17, 15) is 8.42 Å². The highest BCUT2D eigenvalue weighted by atomic mass is 35.5. The molecule has 0 saturated carbocycles. The zero-order chi connectivity index (χ0) is 15.6. The predicted octanol–water partition coefficient (Wildman–Crippen LogP) is 0.913. The third-order valence-corrected chi connectivity index (χ3v) is 5.26. The second-order valence-corrected chi connectivity index (χ2v) is 7.06. The van der Waals surface area contributed by atoms with Crippen LogP contribution in [0.15, 0.2) is 29.4 Å². The lowest BCUT2D eigenvalue weighted by Gasteiger charge is -2.17. The second kappa shape index (κ2) is 6.06. The summed E-state index contributed by atoms with van der Waals surface area (Å²) in [6, 6.07) is 4.32. The van der Waals surface area contributed by atoms with E-state index in [1.165, 1.54) is 31.6 Å². The van der Waals surface area contributed by atoms with Crippen molar-refractivity contribution >= 4 is 38.8 Å². The molecule has 7 nitrogen and oxygen atoms in total. The van der Waals surface area contributed by atoms with Crippen LogP contribution in [0.1, 0.15) is 11.4 Å². The van der Waals surface area contributed by atoms with Crippen molar-refractivity contribution in [2.24, 2.45) is 5.73 Å². The van der Waals surface area contributed by atoms with Gasteiger partial charge in [-0.25, -0.2) is 13.4 Å². The van der Waals surface area contributed by atoms with E-state index < -0.39 is 10.0 Å². The monoisotopic (exact) mass is 345 g/mol. The van der Waals surface area contributed by atoms with Crippen LogP contribution < -0.4 is 5.73 Å². The first-order chi connectivity index (χ1) is 9.82. The summed E-state index contributed by atoms with van der Waals surface area (Å²) in [5.74, 6) is 0.428.